The Bertz CT molecular complexity index is 656. The summed E-state index contributed by atoms with van der Waals surface area (Å²) in [6.07, 6.45) is 10.0. The van der Waals surface area contributed by atoms with Gasteiger partial charge in [-0.15, -0.1) is 0 Å². The van der Waals surface area contributed by atoms with Crippen LogP contribution in [0.1, 0.15) is 65.7 Å². The largest absolute Gasteiger partial charge is 0.462 e. The lowest BCUT2D eigenvalue weighted by atomic mass is 9.47. The highest BCUT2D eigenvalue weighted by molar-refractivity contribution is 5.66. The quantitative estimate of drug-likeness (QED) is 0.448. The molecule has 1 N–H and O–H groups in total. The van der Waals surface area contributed by atoms with Crippen molar-refractivity contribution in [3.05, 3.63) is 11.6 Å². The van der Waals surface area contributed by atoms with E-state index < -0.39 is 5.79 Å². The molecule has 0 aromatic carbocycles. The molecule has 8 atom stereocenters. The Labute approximate surface area is 150 Å². The summed E-state index contributed by atoms with van der Waals surface area (Å²) in [5, 5.41) is 10.8. The third-order valence-electron chi connectivity index (χ3n) is 8.77. The molecule has 138 valence electrons. The topological polar surface area (TPSA) is 59.1 Å². The van der Waals surface area contributed by atoms with Gasteiger partial charge in [0.05, 0.1) is 0 Å². The molecule has 3 saturated carbocycles. The minimum Gasteiger partial charge on any atom is -0.462 e. The van der Waals surface area contributed by atoms with Crippen molar-refractivity contribution >= 4 is 5.97 Å². The van der Waals surface area contributed by atoms with Gasteiger partial charge in [-0.2, -0.15) is 0 Å². The molecule has 0 unspecified atom stereocenters. The van der Waals surface area contributed by atoms with Crippen molar-refractivity contribution in [1.82, 2.24) is 0 Å². The molecule has 1 heterocycles. The molecule has 0 amide bonds. The first-order valence-corrected chi connectivity index (χ1v) is 10.0. The van der Waals surface area contributed by atoms with Gasteiger partial charge in [0.15, 0.2) is 5.79 Å². The molecule has 1 saturated heterocycles. The van der Waals surface area contributed by atoms with Crippen molar-refractivity contribution in [3.8, 4) is 0 Å². The Kier molecular flexibility index (Phi) is 3.19. The summed E-state index contributed by atoms with van der Waals surface area (Å²) in [7, 11) is 0. The number of allylic oxidation sites excluding steroid dienone is 1. The fourth-order valence-corrected chi connectivity index (χ4v) is 7.29. The second-order valence-corrected chi connectivity index (χ2v) is 9.73. The van der Waals surface area contributed by atoms with E-state index in [4.69, 9.17) is 9.47 Å². The van der Waals surface area contributed by atoms with Crippen LogP contribution in [0.2, 0.25) is 0 Å². The van der Waals surface area contributed by atoms with Gasteiger partial charge in [0.25, 0.3) is 0 Å². The molecule has 25 heavy (non-hydrogen) atoms. The van der Waals surface area contributed by atoms with Crippen molar-refractivity contribution in [1.29, 1.82) is 0 Å². The highest BCUT2D eigenvalue weighted by Gasteiger charge is 2.77. The Balaban J connectivity index is 1.42. The van der Waals surface area contributed by atoms with Gasteiger partial charge in [-0.05, 0) is 61.7 Å². The zero-order valence-corrected chi connectivity index (χ0v) is 15.6. The van der Waals surface area contributed by atoms with E-state index >= 15 is 0 Å². The standard InChI is InChI=1S/C21H30O4/c1-12(22)24-14-6-8-19(2)13(10-14)4-5-15-16(19)7-9-20(3)17(15)11-18-21(20,23)25-18/h4,14-18,23H,5-11H2,1-3H3/t14-,15+,16+,17+,18+,19-,20-,21+/m0/s1. The van der Waals surface area contributed by atoms with Crippen LogP contribution < -0.4 is 0 Å². The van der Waals surface area contributed by atoms with Gasteiger partial charge in [0.1, 0.15) is 12.2 Å². The summed E-state index contributed by atoms with van der Waals surface area (Å²) in [6, 6.07) is 0. The maximum absolute atomic E-state index is 11.3. The number of rotatable bonds is 1. The van der Waals surface area contributed by atoms with Gasteiger partial charge in [0, 0.05) is 18.8 Å². The number of hydrogen-bond acceptors (Lipinski definition) is 4. The lowest BCUT2D eigenvalue weighted by molar-refractivity contribution is -0.155. The fourth-order valence-electron chi connectivity index (χ4n) is 7.29. The van der Waals surface area contributed by atoms with Crippen molar-refractivity contribution in [2.24, 2.45) is 28.6 Å². The average Bonchev–Trinajstić information content (AvgIpc) is 3.16. The van der Waals surface area contributed by atoms with Crippen LogP contribution in [0, 0.1) is 28.6 Å². The molecular weight excluding hydrogens is 316 g/mol. The molecule has 1 aliphatic heterocycles. The molecule has 4 heteroatoms. The molecule has 4 fully saturated rings. The Morgan fingerprint density at radius 2 is 2.08 bits per heavy atom. The molecule has 5 aliphatic rings. The van der Waals surface area contributed by atoms with E-state index in [0.717, 1.165) is 38.5 Å². The maximum Gasteiger partial charge on any atom is 0.302 e. The molecule has 4 aliphatic carbocycles. The monoisotopic (exact) mass is 346 g/mol. The van der Waals surface area contributed by atoms with E-state index in [1.165, 1.54) is 18.9 Å². The van der Waals surface area contributed by atoms with Crippen LogP contribution in [-0.2, 0) is 14.3 Å². The van der Waals surface area contributed by atoms with Crippen LogP contribution in [0.5, 0.6) is 0 Å². The summed E-state index contributed by atoms with van der Waals surface area (Å²) >= 11 is 0. The minimum atomic E-state index is -0.833. The molecule has 0 spiro atoms. The number of aliphatic hydroxyl groups is 1. The summed E-state index contributed by atoms with van der Waals surface area (Å²) in [5.41, 5.74) is 1.71. The van der Waals surface area contributed by atoms with Crippen LogP contribution in [0.15, 0.2) is 11.6 Å². The van der Waals surface area contributed by atoms with Gasteiger partial charge in [-0.1, -0.05) is 25.5 Å². The van der Waals surface area contributed by atoms with E-state index in [-0.39, 0.29) is 29.0 Å². The number of epoxide rings is 1. The number of hydrogen-bond donors (Lipinski definition) is 1. The lowest BCUT2D eigenvalue weighted by Gasteiger charge is -2.58. The van der Waals surface area contributed by atoms with E-state index in [9.17, 15) is 9.90 Å². The normalized spacial score (nSPS) is 56.0. The van der Waals surface area contributed by atoms with Crippen LogP contribution in [-0.4, -0.2) is 29.1 Å². The summed E-state index contributed by atoms with van der Waals surface area (Å²) in [6.45, 7) is 6.22. The smallest absolute Gasteiger partial charge is 0.302 e. The zero-order chi connectivity index (χ0) is 17.6. The molecule has 0 radical (unpaired) electrons. The van der Waals surface area contributed by atoms with Gasteiger partial charge < -0.3 is 14.6 Å². The highest BCUT2D eigenvalue weighted by Crippen LogP contribution is 2.72. The Morgan fingerprint density at radius 3 is 2.84 bits per heavy atom. The van der Waals surface area contributed by atoms with Crippen LogP contribution in [0.25, 0.3) is 0 Å². The van der Waals surface area contributed by atoms with E-state index in [1.807, 2.05) is 0 Å². The van der Waals surface area contributed by atoms with Crippen LogP contribution in [0.3, 0.4) is 0 Å². The number of esters is 1. The van der Waals surface area contributed by atoms with Crippen molar-refractivity contribution in [2.75, 3.05) is 0 Å². The van der Waals surface area contributed by atoms with Gasteiger partial charge in [0.2, 0.25) is 0 Å². The first-order valence-electron chi connectivity index (χ1n) is 10.0. The summed E-state index contributed by atoms with van der Waals surface area (Å²) < 4.78 is 11.2. The van der Waals surface area contributed by atoms with Crippen molar-refractivity contribution in [3.63, 3.8) is 0 Å². The Hall–Kier alpha value is -0.870. The zero-order valence-electron chi connectivity index (χ0n) is 15.6. The second-order valence-electron chi connectivity index (χ2n) is 9.73. The number of fused-ring (bicyclic) bond motifs is 7. The SMILES string of the molecule is CC(=O)O[C@H]1CC[C@@]2(C)C(=CC[C@@H]3[C@H]2CC[C@@]2(C)[C@@H]3C[C@H]3O[C@]32O)C1. The van der Waals surface area contributed by atoms with Crippen molar-refractivity contribution < 1.29 is 19.4 Å². The molecular formula is C21H30O4. The van der Waals surface area contributed by atoms with Crippen molar-refractivity contribution in [2.45, 2.75) is 83.7 Å². The molecule has 0 bridgehead atoms. The van der Waals surface area contributed by atoms with Crippen LogP contribution >= 0.6 is 0 Å². The fraction of sp³-hybridized carbons (Fsp3) is 0.857. The second kappa shape index (κ2) is 4.89. The van der Waals surface area contributed by atoms with Crippen LogP contribution in [0.4, 0.5) is 0 Å². The highest BCUT2D eigenvalue weighted by atomic mass is 16.7. The van der Waals surface area contributed by atoms with Gasteiger partial charge in [-0.3, -0.25) is 4.79 Å². The maximum atomic E-state index is 11.3. The summed E-state index contributed by atoms with van der Waals surface area (Å²) in [4.78, 5) is 11.3. The Morgan fingerprint density at radius 1 is 1.28 bits per heavy atom. The molecule has 0 aromatic rings. The van der Waals surface area contributed by atoms with E-state index in [1.54, 1.807) is 0 Å². The predicted molar refractivity (Wildman–Crippen MR) is 92.5 cm³/mol. The molecule has 0 aromatic heterocycles. The van der Waals surface area contributed by atoms with E-state index in [2.05, 4.69) is 19.9 Å². The van der Waals surface area contributed by atoms with Gasteiger partial charge >= 0.3 is 5.97 Å². The average molecular weight is 346 g/mol. The number of ether oxygens (including phenoxy) is 2. The third kappa shape index (κ3) is 1.98. The predicted octanol–water partition coefficient (Wildman–Crippen LogP) is 3.58. The first-order chi connectivity index (χ1) is 11.8. The molecule has 5 rings (SSSR count). The third-order valence-corrected chi connectivity index (χ3v) is 8.77. The summed E-state index contributed by atoms with van der Waals surface area (Å²) in [5.74, 6) is 0.953. The van der Waals surface area contributed by atoms with Gasteiger partial charge in [-0.25, -0.2) is 0 Å². The number of carbonyl (C=O) groups excluding carboxylic acids is 1. The number of carbonyl (C=O) groups is 1. The van der Waals surface area contributed by atoms with E-state index in [0.29, 0.717) is 17.8 Å². The minimum absolute atomic E-state index is 0.0600. The first kappa shape index (κ1) is 16.3. The lowest BCUT2D eigenvalue weighted by Crippen LogP contribution is -2.53. The molecule has 4 nitrogen and oxygen atoms in total.